The van der Waals surface area contributed by atoms with E-state index in [1.807, 2.05) is 12.1 Å². The molecule has 0 radical (unpaired) electrons. The Morgan fingerprint density at radius 3 is 1.92 bits per heavy atom. The standard InChI is InChI=1S/C59H50FN/c1-37-34-38-12-8-13-42(35-38)59(37)53-21-7-5-15-48(53)51-36-41(28-33-54(51)59)45-16-9-18-49-46(45)17-10-22-55(49)61(44-31-26-40(27-32-44)39-24-29-43(60)30-25-39)56-23-11-19-50-47-14-4-6-20-52(47)58(2,3)57(50)56/h4-7,9-11,14-33,36-38,42H,8,12-13,34-35H2,1-3H3/t37-,38?,42-,59+/m0/s1. The molecule has 61 heavy (non-hydrogen) atoms. The Morgan fingerprint density at radius 2 is 1.11 bits per heavy atom. The van der Waals surface area contributed by atoms with Gasteiger partial charge in [0.1, 0.15) is 5.82 Å². The third kappa shape index (κ3) is 5.30. The Labute approximate surface area is 359 Å². The van der Waals surface area contributed by atoms with E-state index in [9.17, 15) is 4.39 Å². The van der Waals surface area contributed by atoms with Crippen molar-refractivity contribution in [2.75, 3.05) is 4.90 Å². The van der Waals surface area contributed by atoms with Gasteiger partial charge in [0.2, 0.25) is 0 Å². The van der Waals surface area contributed by atoms with E-state index in [1.54, 1.807) is 11.1 Å². The molecule has 2 heteroatoms. The topological polar surface area (TPSA) is 3.24 Å². The molecule has 298 valence electrons. The minimum atomic E-state index is -0.224. The fraction of sp³-hybridized carbons (Fsp3) is 0.220. The van der Waals surface area contributed by atoms with E-state index in [4.69, 9.17) is 0 Å². The van der Waals surface area contributed by atoms with Crippen molar-refractivity contribution < 1.29 is 4.39 Å². The average Bonchev–Trinajstić information content (AvgIpc) is 3.72. The van der Waals surface area contributed by atoms with Crippen LogP contribution in [0.5, 0.6) is 0 Å². The molecule has 0 N–H and O–H groups in total. The zero-order valence-corrected chi connectivity index (χ0v) is 35.3. The quantitative estimate of drug-likeness (QED) is 0.168. The first-order chi connectivity index (χ1) is 29.8. The van der Waals surface area contributed by atoms with E-state index in [0.717, 1.165) is 28.4 Å². The van der Waals surface area contributed by atoms with E-state index in [1.165, 1.54) is 105 Å². The molecule has 0 heterocycles. The van der Waals surface area contributed by atoms with Crippen LogP contribution in [-0.2, 0) is 10.8 Å². The number of anilines is 3. The van der Waals surface area contributed by atoms with Gasteiger partial charge in [-0.2, -0.15) is 0 Å². The Balaban J connectivity index is 1.03. The average molecular weight is 792 g/mol. The monoisotopic (exact) mass is 791 g/mol. The SMILES string of the molecule is C[C@H]1CC2CCC[C@@H](C2)[C@@]12c1ccccc1-c1cc(-c3cccc4c(N(c5ccc(-c6ccc(F)cc6)cc5)c5cccc6c5C(C)(C)c5ccccc5-6)cccc34)ccc12. The van der Waals surface area contributed by atoms with Gasteiger partial charge in [0.15, 0.2) is 0 Å². The lowest BCUT2D eigenvalue weighted by atomic mass is 9.51. The van der Waals surface area contributed by atoms with Gasteiger partial charge >= 0.3 is 0 Å². The van der Waals surface area contributed by atoms with Crippen LogP contribution < -0.4 is 4.90 Å². The van der Waals surface area contributed by atoms with Gasteiger partial charge in [0.25, 0.3) is 0 Å². The van der Waals surface area contributed by atoms with E-state index in [-0.39, 0.29) is 16.6 Å². The summed E-state index contributed by atoms with van der Waals surface area (Å²) in [5.74, 6) is 1.98. The molecule has 8 aromatic rings. The molecule has 4 aliphatic rings. The maximum Gasteiger partial charge on any atom is 0.123 e. The lowest BCUT2D eigenvalue weighted by Crippen LogP contribution is -2.47. The van der Waals surface area contributed by atoms with Gasteiger partial charge in [0.05, 0.1) is 11.4 Å². The van der Waals surface area contributed by atoms with Crippen LogP contribution in [0.2, 0.25) is 0 Å². The van der Waals surface area contributed by atoms with Crippen molar-refractivity contribution in [3.8, 4) is 44.5 Å². The molecule has 12 rings (SSSR count). The summed E-state index contributed by atoms with van der Waals surface area (Å²) in [6.07, 6.45) is 6.80. The molecule has 0 saturated heterocycles. The van der Waals surface area contributed by atoms with Gasteiger partial charge < -0.3 is 4.90 Å². The summed E-state index contributed by atoms with van der Waals surface area (Å²) >= 11 is 0. The second-order valence-corrected chi connectivity index (χ2v) is 19.0. The zero-order chi connectivity index (χ0) is 41.0. The van der Waals surface area contributed by atoms with Gasteiger partial charge in [-0.05, 0) is 152 Å². The minimum Gasteiger partial charge on any atom is -0.310 e. The summed E-state index contributed by atoms with van der Waals surface area (Å²) in [5.41, 5.74) is 19.2. The molecular weight excluding hydrogens is 742 g/mol. The molecule has 0 aromatic heterocycles. The van der Waals surface area contributed by atoms with Crippen molar-refractivity contribution in [3.05, 3.63) is 198 Å². The van der Waals surface area contributed by atoms with Crippen molar-refractivity contribution in [1.29, 1.82) is 0 Å². The summed E-state index contributed by atoms with van der Waals surface area (Å²) in [6, 6.07) is 61.9. The van der Waals surface area contributed by atoms with Crippen molar-refractivity contribution >= 4 is 27.8 Å². The van der Waals surface area contributed by atoms with Gasteiger partial charge in [-0.15, -0.1) is 0 Å². The summed E-state index contributed by atoms with van der Waals surface area (Å²) in [6.45, 7) is 7.30. The highest BCUT2D eigenvalue weighted by molar-refractivity contribution is 6.07. The van der Waals surface area contributed by atoms with Crippen LogP contribution in [0.1, 0.15) is 75.1 Å². The first kappa shape index (κ1) is 36.6. The number of benzene rings is 8. The third-order valence-electron chi connectivity index (χ3n) is 15.6. The van der Waals surface area contributed by atoms with E-state index in [0.29, 0.717) is 11.8 Å². The molecule has 2 saturated carbocycles. The molecule has 0 aliphatic heterocycles. The Hall–Kier alpha value is -6.25. The van der Waals surface area contributed by atoms with E-state index in [2.05, 4.69) is 171 Å². The molecule has 4 aliphatic carbocycles. The van der Waals surface area contributed by atoms with Crippen LogP contribution >= 0.6 is 0 Å². The molecule has 1 nitrogen and oxygen atoms in total. The van der Waals surface area contributed by atoms with Crippen LogP contribution in [0.25, 0.3) is 55.3 Å². The van der Waals surface area contributed by atoms with Gasteiger partial charge in [0, 0.05) is 21.9 Å². The normalized spacial score (nSPS) is 21.5. The fourth-order valence-corrected chi connectivity index (χ4v) is 13.1. The van der Waals surface area contributed by atoms with Crippen LogP contribution in [0.4, 0.5) is 21.5 Å². The number of halogens is 1. The van der Waals surface area contributed by atoms with Crippen molar-refractivity contribution in [1.82, 2.24) is 0 Å². The van der Waals surface area contributed by atoms with Crippen molar-refractivity contribution in [2.24, 2.45) is 17.8 Å². The van der Waals surface area contributed by atoms with Gasteiger partial charge in [-0.1, -0.05) is 161 Å². The lowest BCUT2D eigenvalue weighted by Gasteiger charge is -2.53. The number of nitrogens with zero attached hydrogens (tertiary/aromatic N) is 1. The molecule has 0 amide bonds. The Morgan fingerprint density at radius 1 is 0.508 bits per heavy atom. The van der Waals surface area contributed by atoms with Crippen LogP contribution in [0, 0.1) is 23.6 Å². The summed E-state index contributed by atoms with van der Waals surface area (Å²) in [7, 11) is 0. The summed E-state index contributed by atoms with van der Waals surface area (Å²) < 4.78 is 13.9. The fourth-order valence-electron chi connectivity index (χ4n) is 13.1. The number of hydrogen-bond acceptors (Lipinski definition) is 1. The Kier molecular flexibility index (Phi) is 8.18. The predicted molar refractivity (Wildman–Crippen MR) is 252 cm³/mol. The molecule has 2 bridgehead atoms. The highest BCUT2D eigenvalue weighted by atomic mass is 19.1. The largest absolute Gasteiger partial charge is 0.310 e. The lowest BCUT2D eigenvalue weighted by molar-refractivity contribution is 0.0670. The second-order valence-electron chi connectivity index (χ2n) is 19.0. The highest BCUT2D eigenvalue weighted by Crippen LogP contribution is 2.64. The number of rotatable bonds is 5. The molecule has 2 fully saturated rings. The maximum atomic E-state index is 13.9. The van der Waals surface area contributed by atoms with Crippen LogP contribution in [0.15, 0.2) is 170 Å². The summed E-state index contributed by atoms with van der Waals surface area (Å²) in [4.78, 5) is 2.48. The van der Waals surface area contributed by atoms with Crippen LogP contribution in [-0.4, -0.2) is 0 Å². The highest BCUT2D eigenvalue weighted by Gasteiger charge is 2.55. The first-order valence-electron chi connectivity index (χ1n) is 22.5. The molecule has 1 spiro atoms. The summed E-state index contributed by atoms with van der Waals surface area (Å²) in [5, 5.41) is 2.45. The van der Waals surface area contributed by atoms with Gasteiger partial charge in [-0.25, -0.2) is 4.39 Å². The molecular formula is C59H50FN. The maximum absolute atomic E-state index is 13.9. The number of hydrogen-bond donors (Lipinski definition) is 0. The van der Waals surface area contributed by atoms with Crippen molar-refractivity contribution in [2.45, 2.75) is 63.7 Å². The first-order valence-corrected chi connectivity index (χ1v) is 22.5. The Bertz CT molecular complexity index is 3030. The third-order valence-corrected chi connectivity index (χ3v) is 15.6. The molecule has 8 aromatic carbocycles. The van der Waals surface area contributed by atoms with E-state index < -0.39 is 0 Å². The van der Waals surface area contributed by atoms with E-state index >= 15 is 0 Å². The predicted octanol–water partition coefficient (Wildman–Crippen LogP) is 16.2. The van der Waals surface area contributed by atoms with Gasteiger partial charge in [-0.3, -0.25) is 0 Å². The molecule has 1 unspecified atom stereocenters. The minimum absolute atomic E-state index is 0.101. The van der Waals surface area contributed by atoms with Crippen LogP contribution in [0.3, 0.4) is 0 Å². The zero-order valence-electron chi connectivity index (χ0n) is 35.3. The molecule has 4 atom stereocenters. The van der Waals surface area contributed by atoms with Crippen molar-refractivity contribution in [3.63, 3.8) is 0 Å². The second kappa shape index (κ2) is 13.6. The smallest absolute Gasteiger partial charge is 0.123 e. The number of fused-ring (bicyclic) bond motifs is 12.